The maximum Gasteiger partial charge on any atom is 0.242 e. The molecule has 2 aliphatic heterocycles. The number of rotatable bonds is 4. The van der Waals surface area contributed by atoms with Crippen LogP contribution in [0.25, 0.3) is 0 Å². The van der Waals surface area contributed by atoms with Gasteiger partial charge in [-0.15, -0.1) is 0 Å². The molecule has 4 rings (SSSR count). The highest BCUT2D eigenvalue weighted by molar-refractivity contribution is 6.01. The summed E-state index contributed by atoms with van der Waals surface area (Å²) in [6.45, 7) is 3.26. The zero-order chi connectivity index (χ0) is 18.1. The van der Waals surface area contributed by atoms with E-state index in [0.717, 1.165) is 29.0 Å². The van der Waals surface area contributed by atoms with Gasteiger partial charge in [-0.3, -0.25) is 9.59 Å². The van der Waals surface area contributed by atoms with Gasteiger partial charge < -0.3 is 14.5 Å². The fourth-order valence-electron chi connectivity index (χ4n) is 3.50. The zero-order valence-corrected chi connectivity index (χ0v) is 14.9. The Hall–Kier alpha value is -2.82. The number of amides is 2. The van der Waals surface area contributed by atoms with Crippen molar-refractivity contribution in [2.75, 3.05) is 24.5 Å². The fraction of sp³-hybridized carbons (Fsp3) is 0.333. The Bertz CT molecular complexity index is 843. The molecule has 2 amide bonds. The summed E-state index contributed by atoms with van der Waals surface area (Å²) in [6, 6.07) is 15.7. The van der Waals surface area contributed by atoms with Crippen LogP contribution in [0.4, 0.5) is 5.69 Å². The minimum atomic E-state index is -0.0286. The van der Waals surface area contributed by atoms with Crippen LogP contribution in [-0.4, -0.2) is 42.5 Å². The first kappa shape index (κ1) is 16.6. The number of aryl methyl sites for hydroxylation is 2. The van der Waals surface area contributed by atoms with Gasteiger partial charge in [-0.1, -0.05) is 30.3 Å². The van der Waals surface area contributed by atoms with E-state index < -0.39 is 0 Å². The van der Waals surface area contributed by atoms with Gasteiger partial charge in [-0.05, 0) is 42.7 Å². The monoisotopic (exact) mass is 350 g/mol. The lowest BCUT2D eigenvalue weighted by molar-refractivity contribution is -0.139. The summed E-state index contributed by atoms with van der Waals surface area (Å²) in [5.74, 6) is 0.825. The minimum Gasteiger partial charge on any atom is -0.487 e. The van der Waals surface area contributed by atoms with E-state index >= 15 is 0 Å². The molecule has 0 aromatic heterocycles. The van der Waals surface area contributed by atoms with E-state index in [1.807, 2.05) is 55.5 Å². The number of para-hydroxylation sites is 1. The van der Waals surface area contributed by atoms with E-state index in [-0.39, 0.29) is 24.5 Å². The molecule has 0 spiro atoms. The number of likely N-dealkylation sites (tertiary alicyclic amines) is 1. The average molecular weight is 350 g/mol. The number of nitrogens with zero attached hydrogens (tertiary/aromatic N) is 2. The summed E-state index contributed by atoms with van der Waals surface area (Å²) in [4.78, 5) is 28.2. The number of benzene rings is 2. The topological polar surface area (TPSA) is 49.9 Å². The van der Waals surface area contributed by atoms with Crippen molar-refractivity contribution in [1.82, 2.24) is 4.90 Å². The van der Waals surface area contributed by atoms with Gasteiger partial charge in [-0.25, -0.2) is 0 Å². The lowest BCUT2D eigenvalue weighted by Crippen LogP contribution is -2.58. The van der Waals surface area contributed by atoms with Gasteiger partial charge in [0.1, 0.15) is 18.4 Å². The SMILES string of the molecule is Cc1cccc(OC2CN(C(=O)CN3C(=O)CCc4ccccc43)C2)c1. The number of ether oxygens (including phenoxy) is 1. The molecule has 0 aliphatic carbocycles. The van der Waals surface area contributed by atoms with Crippen molar-refractivity contribution >= 4 is 17.5 Å². The van der Waals surface area contributed by atoms with Crippen LogP contribution in [0.5, 0.6) is 5.75 Å². The predicted octanol–water partition coefficient (Wildman–Crippen LogP) is 2.56. The number of fused-ring (bicyclic) bond motifs is 1. The molecular formula is C21H22N2O3. The second kappa shape index (κ2) is 6.83. The third kappa shape index (κ3) is 3.29. The molecule has 0 radical (unpaired) electrons. The molecule has 5 heteroatoms. The van der Waals surface area contributed by atoms with Crippen molar-refractivity contribution in [2.24, 2.45) is 0 Å². The molecule has 0 atom stereocenters. The highest BCUT2D eigenvalue weighted by Crippen LogP contribution is 2.28. The normalized spacial score (nSPS) is 16.9. The number of carbonyl (C=O) groups is 2. The van der Waals surface area contributed by atoms with Gasteiger partial charge in [-0.2, -0.15) is 0 Å². The molecule has 1 saturated heterocycles. The van der Waals surface area contributed by atoms with Crippen molar-refractivity contribution in [2.45, 2.75) is 25.9 Å². The number of carbonyl (C=O) groups excluding carboxylic acids is 2. The van der Waals surface area contributed by atoms with Crippen molar-refractivity contribution in [3.05, 3.63) is 59.7 Å². The average Bonchev–Trinajstić information content (AvgIpc) is 2.60. The van der Waals surface area contributed by atoms with E-state index in [4.69, 9.17) is 4.74 Å². The quantitative estimate of drug-likeness (QED) is 0.852. The van der Waals surface area contributed by atoms with Crippen LogP contribution in [0.1, 0.15) is 17.5 Å². The first-order chi connectivity index (χ1) is 12.6. The first-order valence-electron chi connectivity index (χ1n) is 8.99. The molecule has 1 fully saturated rings. The Morgan fingerprint density at radius 1 is 1.12 bits per heavy atom. The second-order valence-corrected chi connectivity index (χ2v) is 6.96. The van der Waals surface area contributed by atoms with Crippen LogP contribution in [0.15, 0.2) is 48.5 Å². The Morgan fingerprint density at radius 3 is 2.73 bits per heavy atom. The van der Waals surface area contributed by atoms with Crippen molar-refractivity contribution in [3.63, 3.8) is 0 Å². The third-order valence-corrected chi connectivity index (χ3v) is 4.98. The van der Waals surface area contributed by atoms with Crippen LogP contribution in [-0.2, 0) is 16.0 Å². The van der Waals surface area contributed by atoms with Gasteiger partial charge >= 0.3 is 0 Å². The van der Waals surface area contributed by atoms with E-state index in [2.05, 4.69) is 0 Å². The van der Waals surface area contributed by atoms with Crippen molar-refractivity contribution < 1.29 is 14.3 Å². The second-order valence-electron chi connectivity index (χ2n) is 6.96. The number of hydrogen-bond acceptors (Lipinski definition) is 3. The van der Waals surface area contributed by atoms with Gasteiger partial charge in [0.15, 0.2) is 0 Å². The molecule has 5 nitrogen and oxygen atoms in total. The van der Waals surface area contributed by atoms with Crippen molar-refractivity contribution in [3.8, 4) is 5.75 Å². The Morgan fingerprint density at radius 2 is 1.92 bits per heavy atom. The molecule has 0 N–H and O–H groups in total. The maximum atomic E-state index is 12.6. The standard InChI is InChI=1S/C21H22N2O3/c1-15-5-4-7-17(11-15)26-18-12-22(13-18)21(25)14-23-19-8-3-2-6-16(19)9-10-20(23)24/h2-8,11,18H,9-10,12-14H2,1H3. The highest BCUT2D eigenvalue weighted by atomic mass is 16.5. The van der Waals surface area contributed by atoms with E-state index in [0.29, 0.717) is 19.5 Å². The van der Waals surface area contributed by atoms with Crippen molar-refractivity contribution in [1.29, 1.82) is 0 Å². The highest BCUT2D eigenvalue weighted by Gasteiger charge is 2.34. The molecule has 134 valence electrons. The molecule has 0 saturated carbocycles. The van der Waals surface area contributed by atoms with Gasteiger partial charge in [0.05, 0.1) is 13.1 Å². The summed E-state index contributed by atoms with van der Waals surface area (Å²) in [5, 5.41) is 0. The van der Waals surface area contributed by atoms with Crippen LogP contribution < -0.4 is 9.64 Å². The van der Waals surface area contributed by atoms with Crippen LogP contribution in [0, 0.1) is 6.92 Å². The number of anilines is 1. The Labute approximate surface area is 153 Å². The maximum absolute atomic E-state index is 12.6. The minimum absolute atomic E-state index is 0.0186. The summed E-state index contributed by atoms with van der Waals surface area (Å²) >= 11 is 0. The Kier molecular flexibility index (Phi) is 4.37. The zero-order valence-electron chi connectivity index (χ0n) is 14.9. The molecule has 0 bridgehead atoms. The molecule has 2 heterocycles. The summed E-state index contributed by atoms with van der Waals surface area (Å²) in [6.07, 6.45) is 1.23. The summed E-state index contributed by atoms with van der Waals surface area (Å²) in [5.41, 5.74) is 3.14. The third-order valence-electron chi connectivity index (χ3n) is 4.98. The number of hydrogen-bond donors (Lipinski definition) is 0. The summed E-state index contributed by atoms with van der Waals surface area (Å²) < 4.78 is 5.90. The van der Waals surface area contributed by atoms with Gasteiger partial charge in [0, 0.05) is 12.1 Å². The molecule has 2 aromatic rings. The predicted molar refractivity (Wildman–Crippen MR) is 99.3 cm³/mol. The van der Waals surface area contributed by atoms with Gasteiger partial charge in [0.25, 0.3) is 0 Å². The van der Waals surface area contributed by atoms with E-state index in [1.165, 1.54) is 0 Å². The van der Waals surface area contributed by atoms with Crippen LogP contribution >= 0.6 is 0 Å². The smallest absolute Gasteiger partial charge is 0.242 e. The lowest BCUT2D eigenvalue weighted by atomic mass is 10.0. The Balaban J connectivity index is 1.35. The molecule has 26 heavy (non-hydrogen) atoms. The van der Waals surface area contributed by atoms with Gasteiger partial charge in [0.2, 0.25) is 11.8 Å². The van der Waals surface area contributed by atoms with Crippen LogP contribution in [0.2, 0.25) is 0 Å². The molecular weight excluding hydrogens is 328 g/mol. The largest absolute Gasteiger partial charge is 0.487 e. The lowest BCUT2D eigenvalue weighted by Gasteiger charge is -2.40. The molecule has 2 aliphatic rings. The summed E-state index contributed by atoms with van der Waals surface area (Å²) in [7, 11) is 0. The van der Waals surface area contributed by atoms with E-state index in [9.17, 15) is 9.59 Å². The fourth-order valence-corrected chi connectivity index (χ4v) is 3.50. The van der Waals surface area contributed by atoms with Crippen LogP contribution in [0.3, 0.4) is 0 Å². The molecule has 2 aromatic carbocycles. The first-order valence-corrected chi connectivity index (χ1v) is 8.99. The van der Waals surface area contributed by atoms with E-state index in [1.54, 1.807) is 9.80 Å². The molecule has 0 unspecified atom stereocenters.